The van der Waals surface area contributed by atoms with Gasteiger partial charge in [0.25, 0.3) is 5.91 Å². The third-order valence-electron chi connectivity index (χ3n) is 4.64. The van der Waals surface area contributed by atoms with Gasteiger partial charge in [0.2, 0.25) is 0 Å². The number of para-hydroxylation sites is 1. The van der Waals surface area contributed by atoms with Crippen LogP contribution >= 0.6 is 0 Å². The van der Waals surface area contributed by atoms with Crippen LogP contribution in [0.15, 0.2) is 42.5 Å². The standard InChI is InChI=1S/C21H25NO2/c1-15(2)19-11-10-18(13-16(19)3)24-14-21(23)22-12-6-8-17-7-4-5-9-20(17)22/h4-5,7,9-11,13,15H,6,8,12,14H2,1-3H3. The lowest BCUT2D eigenvalue weighted by Gasteiger charge is -2.29. The highest BCUT2D eigenvalue weighted by Crippen LogP contribution is 2.27. The lowest BCUT2D eigenvalue weighted by atomic mass is 9.98. The Bertz CT molecular complexity index is 736. The van der Waals surface area contributed by atoms with Crippen molar-refractivity contribution in [1.29, 1.82) is 0 Å². The molecule has 0 unspecified atom stereocenters. The molecule has 0 aromatic heterocycles. The summed E-state index contributed by atoms with van der Waals surface area (Å²) in [6.07, 6.45) is 2.04. The summed E-state index contributed by atoms with van der Waals surface area (Å²) in [7, 11) is 0. The molecule has 0 aliphatic carbocycles. The van der Waals surface area contributed by atoms with E-state index in [0.717, 1.165) is 30.8 Å². The molecule has 3 nitrogen and oxygen atoms in total. The third kappa shape index (κ3) is 3.45. The average Bonchev–Trinajstić information content (AvgIpc) is 2.59. The van der Waals surface area contributed by atoms with E-state index in [1.165, 1.54) is 16.7 Å². The van der Waals surface area contributed by atoms with Gasteiger partial charge in [0.05, 0.1) is 0 Å². The van der Waals surface area contributed by atoms with Crippen LogP contribution < -0.4 is 9.64 Å². The second kappa shape index (κ2) is 7.08. The minimum Gasteiger partial charge on any atom is -0.484 e. The van der Waals surface area contributed by atoms with Crippen molar-refractivity contribution in [3.8, 4) is 5.75 Å². The normalized spacial score (nSPS) is 13.8. The van der Waals surface area contributed by atoms with Crippen LogP contribution in [0.1, 0.15) is 42.9 Å². The molecule has 0 fully saturated rings. The highest BCUT2D eigenvalue weighted by Gasteiger charge is 2.22. The van der Waals surface area contributed by atoms with E-state index in [1.54, 1.807) is 0 Å². The van der Waals surface area contributed by atoms with Gasteiger partial charge in [-0.1, -0.05) is 38.1 Å². The SMILES string of the molecule is Cc1cc(OCC(=O)N2CCCc3ccccc32)ccc1C(C)C. The molecule has 1 aliphatic rings. The maximum atomic E-state index is 12.6. The van der Waals surface area contributed by atoms with Gasteiger partial charge in [-0.15, -0.1) is 0 Å². The van der Waals surface area contributed by atoms with E-state index < -0.39 is 0 Å². The van der Waals surface area contributed by atoms with Crippen LogP contribution in [0.5, 0.6) is 5.75 Å². The molecule has 2 aromatic rings. The van der Waals surface area contributed by atoms with Crippen molar-refractivity contribution in [2.24, 2.45) is 0 Å². The van der Waals surface area contributed by atoms with Gasteiger partial charge < -0.3 is 9.64 Å². The van der Waals surface area contributed by atoms with Crippen molar-refractivity contribution < 1.29 is 9.53 Å². The highest BCUT2D eigenvalue weighted by molar-refractivity contribution is 5.95. The molecule has 1 amide bonds. The van der Waals surface area contributed by atoms with E-state index in [9.17, 15) is 4.79 Å². The van der Waals surface area contributed by atoms with Gasteiger partial charge in [-0.2, -0.15) is 0 Å². The fourth-order valence-electron chi connectivity index (χ4n) is 3.40. The molecule has 0 bridgehead atoms. The maximum Gasteiger partial charge on any atom is 0.264 e. The summed E-state index contributed by atoms with van der Waals surface area (Å²) < 4.78 is 5.76. The zero-order valence-corrected chi connectivity index (χ0v) is 14.7. The summed E-state index contributed by atoms with van der Waals surface area (Å²) in [6, 6.07) is 14.2. The van der Waals surface area contributed by atoms with Gasteiger partial charge in [0, 0.05) is 12.2 Å². The van der Waals surface area contributed by atoms with Gasteiger partial charge >= 0.3 is 0 Å². The van der Waals surface area contributed by atoms with Crippen LogP contribution in [0.4, 0.5) is 5.69 Å². The minimum atomic E-state index is 0.0211. The van der Waals surface area contributed by atoms with Crippen LogP contribution in [-0.2, 0) is 11.2 Å². The number of amides is 1. The van der Waals surface area contributed by atoms with Crippen LogP contribution in [0, 0.1) is 6.92 Å². The van der Waals surface area contributed by atoms with Crippen LogP contribution in [-0.4, -0.2) is 19.1 Å². The van der Waals surface area contributed by atoms with Gasteiger partial charge in [0.1, 0.15) is 5.75 Å². The smallest absolute Gasteiger partial charge is 0.264 e. The predicted molar refractivity (Wildman–Crippen MR) is 97.9 cm³/mol. The number of carbonyl (C=O) groups excluding carboxylic acids is 1. The zero-order valence-electron chi connectivity index (χ0n) is 14.7. The van der Waals surface area contributed by atoms with Crippen LogP contribution in [0.3, 0.4) is 0 Å². The quantitative estimate of drug-likeness (QED) is 0.830. The summed E-state index contributed by atoms with van der Waals surface area (Å²) in [5.74, 6) is 1.27. The summed E-state index contributed by atoms with van der Waals surface area (Å²) in [6.45, 7) is 7.30. The number of fused-ring (bicyclic) bond motifs is 1. The summed E-state index contributed by atoms with van der Waals surface area (Å²) >= 11 is 0. The number of carbonyl (C=O) groups is 1. The topological polar surface area (TPSA) is 29.5 Å². The summed E-state index contributed by atoms with van der Waals surface area (Å²) in [5.41, 5.74) is 4.80. The number of hydrogen-bond donors (Lipinski definition) is 0. The molecule has 0 spiro atoms. The number of benzene rings is 2. The van der Waals surface area contributed by atoms with Gasteiger partial charge in [-0.05, 0) is 60.6 Å². The van der Waals surface area contributed by atoms with E-state index in [1.807, 2.05) is 35.2 Å². The van der Waals surface area contributed by atoms with E-state index in [0.29, 0.717) is 5.92 Å². The van der Waals surface area contributed by atoms with Gasteiger partial charge in [-0.3, -0.25) is 4.79 Å². The molecule has 1 heterocycles. The third-order valence-corrected chi connectivity index (χ3v) is 4.64. The molecule has 0 radical (unpaired) electrons. The van der Waals surface area contributed by atoms with Crippen molar-refractivity contribution >= 4 is 11.6 Å². The molecule has 1 aliphatic heterocycles. The second-order valence-electron chi connectivity index (χ2n) is 6.74. The fourth-order valence-corrected chi connectivity index (χ4v) is 3.40. The van der Waals surface area contributed by atoms with Crippen molar-refractivity contribution in [1.82, 2.24) is 0 Å². The number of anilines is 1. The van der Waals surface area contributed by atoms with Crippen LogP contribution in [0.25, 0.3) is 0 Å². The minimum absolute atomic E-state index is 0.0211. The predicted octanol–water partition coefficient (Wildman–Crippen LogP) is 4.48. The molecular weight excluding hydrogens is 298 g/mol. The Balaban J connectivity index is 1.67. The molecular formula is C21H25NO2. The van der Waals surface area contributed by atoms with Gasteiger partial charge in [0.15, 0.2) is 6.61 Å². The summed E-state index contributed by atoms with van der Waals surface area (Å²) in [5, 5.41) is 0. The average molecular weight is 323 g/mol. The Morgan fingerprint density at radius 1 is 1.21 bits per heavy atom. The molecule has 0 saturated heterocycles. The second-order valence-corrected chi connectivity index (χ2v) is 6.74. The Hall–Kier alpha value is -2.29. The Morgan fingerprint density at radius 2 is 2.00 bits per heavy atom. The van der Waals surface area contributed by atoms with Crippen LogP contribution in [0.2, 0.25) is 0 Å². The molecule has 0 N–H and O–H groups in total. The Labute approximate surface area is 144 Å². The molecule has 0 saturated carbocycles. The number of hydrogen-bond acceptors (Lipinski definition) is 2. The monoisotopic (exact) mass is 323 g/mol. The molecule has 24 heavy (non-hydrogen) atoms. The first-order valence-corrected chi connectivity index (χ1v) is 8.68. The number of aryl methyl sites for hydroxylation is 2. The van der Waals surface area contributed by atoms with Crippen molar-refractivity contribution in [3.05, 3.63) is 59.2 Å². The molecule has 2 aromatic carbocycles. The lowest BCUT2D eigenvalue weighted by Crippen LogP contribution is -2.38. The Kier molecular flexibility index (Phi) is 4.89. The fraction of sp³-hybridized carbons (Fsp3) is 0.381. The van der Waals surface area contributed by atoms with E-state index in [4.69, 9.17) is 4.74 Å². The van der Waals surface area contributed by atoms with Crippen molar-refractivity contribution in [2.75, 3.05) is 18.1 Å². The number of ether oxygens (including phenoxy) is 1. The first-order chi connectivity index (χ1) is 11.6. The molecule has 126 valence electrons. The first-order valence-electron chi connectivity index (χ1n) is 8.68. The number of rotatable bonds is 4. The Morgan fingerprint density at radius 3 is 2.75 bits per heavy atom. The number of nitrogens with zero attached hydrogens (tertiary/aromatic N) is 1. The zero-order chi connectivity index (χ0) is 17.1. The largest absolute Gasteiger partial charge is 0.484 e. The van der Waals surface area contributed by atoms with E-state index in [-0.39, 0.29) is 12.5 Å². The molecule has 3 heteroatoms. The molecule has 0 atom stereocenters. The van der Waals surface area contributed by atoms with Crippen molar-refractivity contribution in [2.45, 2.75) is 39.5 Å². The summed E-state index contributed by atoms with van der Waals surface area (Å²) in [4.78, 5) is 14.5. The lowest BCUT2D eigenvalue weighted by molar-refractivity contribution is -0.120. The van der Waals surface area contributed by atoms with Crippen molar-refractivity contribution in [3.63, 3.8) is 0 Å². The maximum absolute atomic E-state index is 12.6. The first kappa shape index (κ1) is 16.6. The molecule has 3 rings (SSSR count). The van der Waals surface area contributed by atoms with E-state index >= 15 is 0 Å². The van der Waals surface area contributed by atoms with Gasteiger partial charge in [-0.25, -0.2) is 0 Å². The highest BCUT2D eigenvalue weighted by atomic mass is 16.5. The van der Waals surface area contributed by atoms with E-state index in [2.05, 4.69) is 32.9 Å².